The van der Waals surface area contributed by atoms with Gasteiger partial charge in [-0.15, -0.1) is 0 Å². The zero-order chi connectivity index (χ0) is 17.9. The number of amides is 1. The highest BCUT2D eigenvalue weighted by Crippen LogP contribution is 2.22. The Kier molecular flexibility index (Phi) is 5.39. The van der Waals surface area contributed by atoms with Gasteiger partial charge < -0.3 is 9.88 Å². The molecular formula is C17H24N4O3S. The standard InChI is InChI=1S/C17H24N4O3S/c1-2-5-13-6-4-9-21(12-13)16(22)11-20-25(23,24)15-10-19-17-14(15)7-3-8-18-17/h3,7-8,10,13,20H,2,4-6,9,11-12H2,1H3,(H,18,19). The predicted molar refractivity (Wildman–Crippen MR) is 95.5 cm³/mol. The lowest BCUT2D eigenvalue weighted by Gasteiger charge is -2.32. The van der Waals surface area contributed by atoms with Crippen molar-refractivity contribution in [1.82, 2.24) is 19.6 Å². The van der Waals surface area contributed by atoms with Crippen LogP contribution in [-0.4, -0.2) is 48.8 Å². The smallest absolute Gasteiger partial charge is 0.243 e. The second-order valence-corrected chi connectivity index (χ2v) is 8.25. The summed E-state index contributed by atoms with van der Waals surface area (Å²) in [4.78, 5) is 21.2. The summed E-state index contributed by atoms with van der Waals surface area (Å²) in [5.74, 6) is 0.362. The molecule has 136 valence electrons. The molecule has 0 aromatic carbocycles. The Morgan fingerprint density at radius 2 is 2.32 bits per heavy atom. The molecule has 0 radical (unpaired) electrons. The molecule has 1 aliphatic rings. The molecule has 2 aromatic rings. The van der Waals surface area contributed by atoms with Crippen LogP contribution < -0.4 is 4.72 Å². The quantitative estimate of drug-likeness (QED) is 0.818. The number of piperidine rings is 1. The Labute approximate surface area is 147 Å². The molecule has 0 spiro atoms. The number of rotatable bonds is 6. The number of H-pyrrole nitrogens is 1. The Balaban J connectivity index is 1.65. The van der Waals surface area contributed by atoms with Crippen molar-refractivity contribution in [1.29, 1.82) is 0 Å². The van der Waals surface area contributed by atoms with Crippen molar-refractivity contribution in [3.8, 4) is 0 Å². The number of hydrogen-bond acceptors (Lipinski definition) is 4. The molecule has 0 saturated carbocycles. The fourth-order valence-corrected chi connectivity index (χ4v) is 4.57. The number of fused-ring (bicyclic) bond motifs is 1. The highest BCUT2D eigenvalue weighted by atomic mass is 32.2. The maximum atomic E-state index is 12.5. The van der Waals surface area contributed by atoms with Gasteiger partial charge in [-0.25, -0.2) is 18.1 Å². The van der Waals surface area contributed by atoms with Crippen LogP contribution in [0.1, 0.15) is 32.6 Å². The van der Waals surface area contributed by atoms with Gasteiger partial charge in [0.15, 0.2) is 0 Å². The molecule has 1 unspecified atom stereocenters. The van der Waals surface area contributed by atoms with Crippen LogP contribution in [-0.2, 0) is 14.8 Å². The van der Waals surface area contributed by atoms with Crippen LogP contribution in [0.3, 0.4) is 0 Å². The van der Waals surface area contributed by atoms with E-state index in [4.69, 9.17) is 0 Å². The van der Waals surface area contributed by atoms with Gasteiger partial charge >= 0.3 is 0 Å². The summed E-state index contributed by atoms with van der Waals surface area (Å²) >= 11 is 0. The van der Waals surface area contributed by atoms with E-state index in [0.717, 1.165) is 32.2 Å². The van der Waals surface area contributed by atoms with Gasteiger partial charge in [0, 0.05) is 30.9 Å². The first-order chi connectivity index (χ1) is 12.0. The van der Waals surface area contributed by atoms with E-state index in [-0.39, 0.29) is 17.3 Å². The van der Waals surface area contributed by atoms with E-state index in [9.17, 15) is 13.2 Å². The molecule has 0 bridgehead atoms. The maximum Gasteiger partial charge on any atom is 0.243 e. The minimum Gasteiger partial charge on any atom is -0.345 e. The van der Waals surface area contributed by atoms with E-state index in [2.05, 4.69) is 21.6 Å². The summed E-state index contributed by atoms with van der Waals surface area (Å²) in [5, 5.41) is 0.517. The van der Waals surface area contributed by atoms with Crippen LogP contribution in [0.25, 0.3) is 11.0 Å². The second-order valence-electron chi connectivity index (χ2n) is 6.51. The lowest BCUT2D eigenvalue weighted by Crippen LogP contribution is -2.45. The first-order valence-electron chi connectivity index (χ1n) is 8.71. The summed E-state index contributed by atoms with van der Waals surface area (Å²) in [6.07, 6.45) is 7.34. The van der Waals surface area contributed by atoms with Crippen molar-refractivity contribution in [3.63, 3.8) is 0 Å². The van der Waals surface area contributed by atoms with Crippen LogP contribution in [0.4, 0.5) is 0 Å². The number of sulfonamides is 1. The van der Waals surface area contributed by atoms with E-state index in [1.807, 2.05) is 0 Å². The number of aromatic amines is 1. The molecule has 2 N–H and O–H groups in total. The minimum absolute atomic E-state index is 0.117. The van der Waals surface area contributed by atoms with Crippen molar-refractivity contribution in [3.05, 3.63) is 24.5 Å². The van der Waals surface area contributed by atoms with Crippen molar-refractivity contribution in [2.45, 2.75) is 37.5 Å². The summed E-state index contributed by atoms with van der Waals surface area (Å²) in [7, 11) is -3.77. The number of likely N-dealkylation sites (tertiary alicyclic amines) is 1. The van der Waals surface area contributed by atoms with E-state index in [1.165, 1.54) is 6.20 Å². The number of pyridine rings is 1. The monoisotopic (exact) mass is 364 g/mol. The van der Waals surface area contributed by atoms with E-state index < -0.39 is 10.0 Å². The largest absolute Gasteiger partial charge is 0.345 e. The molecule has 7 nitrogen and oxygen atoms in total. The second kappa shape index (κ2) is 7.53. The Hall–Kier alpha value is -1.93. The lowest BCUT2D eigenvalue weighted by atomic mass is 9.94. The first-order valence-corrected chi connectivity index (χ1v) is 10.2. The van der Waals surface area contributed by atoms with Gasteiger partial charge in [0.05, 0.1) is 6.54 Å². The maximum absolute atomic E-state index is 12.5. The third-order valence-corrected chi connectivity index (χ3v) is 6.13. The number of hydrogen-bond donors (Lipinski definition) is 2. The van der Waals surface area contributed by atoms with Gasteiger partial charge in [-0.1, -0.05) is 13.3 Å². The normalized spacial score (nSPS) is 18.6. The van der Waals surface area contributed by atoms with Crippen molar-refractivity contribution in [2.24, 2.45) is 5.92 Å². The molecule has 2 aromatic heterocycles. The fraction of sp³-hybridized carbons (Fsp3) is 0.529. The predicted octanol–water partition coefficient (Wildman–Crippen LogP) is 1.88. The molecule has 3 rings (SSSR count). The molecule has 1 fully saturated rings. The van der Waals surface area contributed by atoms with Gasteiger partial charge in [0.2, 0.25) is 15.9 Å². The summed E-state index contributed by atoms with van der Waals surface area (Å²) < 4.78 is 27.5. The average Bonchev–Trinajstić information content (AvgIpc) is 3.05. The van der Waals surface area contributed by atoms with Crippen LogP contribution in [0.2, 0.25) is 0 Å². The van der Waals surface area contributed by atoms with Crippen LogP contribution >= 0.6 is 0 Å². The molecule has 1 aliphatic heterocycles. The zero-order valence-corrected chi connectivity index (χ0v) is 15.2. The molecule has 0 aliphatic carbocycles. The summed E-state index contributed by atoms with van der Waals surface area (Å²) in [6.45, 7) is 3.36. The highest BCUT2D eigenvalue weighted by molar-refractivity contribution is 7.89. The highest BCUT2D eigenvalue weighted by Gasteiger charge is 2.25. The average molecular weight is 364 g/mol. The number of nitrogens with zero attached hydrogens (tertiary/aromatic N) is 2. The molecular weight excluding hydrogens is 340 g/mol. The minimum atomic E-state index is -3.77. The lowest BCUT2D eigenvalue weighted by molar-refractivity contribution is -0.131. The molecule has 25 heavy (non-hydrogen) atoms. The third-order valence-electron chi connectivity index (χ3n) is 4.68. The van der Waals surface area contributed by atoms with E-state index >= 15 is 0 Å². The molecule has 1 atom stereocenters. The van der Waals surface area contributed by atoms with Crippen LogP contribution in [0, 0.1) is 5.92 Å². The number of carbonyl (C=O) groups excluding carboxylic acids is 1. The number of aromatic nitrogens is 2. The van der Waals surface area contributed by atoms with Gasteiger partial charge in [0.1, 0.15) is 10.5 Å². The van der Waals surface area contributed by atoms with Gasteiger partial charge in [0.25, 0.3) is 0 Å². The molecule has 1 saturated heterocycles. The van der Waals surface area contributed by atoms with Crippen molar-refractivity contribution in [2.75, 3.05) is 19.6 Å². The fourth-order valence-electron chi connectivity index (χ4n) is 3.43. The summed E-state index contributed by atoms with van der Waals surface area (Å²) in [5.41, 5.74) is 0.507. The molecule has 1 amide bonds. The SMILES string of the molecule is CCCC1CCCN(C(=O)CNS(=O)(=O)c2c[nH]c3ncccc23)C1. The number of nitrogens with one attached hydrogen (secondary N) is 2. The van der Waals surface area contributed by atoms with Gasteiger partial charge in [-0.3, -0.25) is 4.79 Å². The topological polar surface area (TPSA) is 95.2 Å². The molecule has 3 heterocycles. The third kappa shape index (κ3) is 4.01. The first kappa shape index (κ1) is 17.9. The van der Waals surface area contributed by atoms with E-state index in [1.54, 1.807) is 23.2 Å². The Bertz CT molecular complexity index is 844. The molecule has 8 heteroatoms. The van der Waals surface area contributed by atoms with E-state index in [0.29, 0.717) is 23.5 Å². The zero-order valence-electron chi connectivity index (χ0n) is 14.4. The van der Waals surface area contributed by atoms with Crippen molar-refractivity contribution < 1.29 is 13.2 Å². The van der Waals surface area contributed by atoms with Crippen molar-refractivity contribution >= 4 is 27.0 Å². The number of carbonyl (C=O) groups is 1. The Morgan fingerprint density at radius 3 is 3.12 bits per heavy atom. The van der Waals surface area contributed by atoms with Gasteiger partial charge in [-0.2, -0.15) is 0 Å². The van der Waals surface area contributed by atoms with Gasteiger partial charge in [-0.05, 0) is 37.3 Å². The summed E-state index contributed by atoms with van der Waals surface area (Å²) in [6, 6.07) is 3.37. The van der Waals surface area contributed by atoms with Crippen LogP contribution in [0.15, 0.2) is 29.4 Å². The Morgan fingerprint density at radius 1 is 1.48 bits per heavy atom. The van der Waals surface area contributed by atoms with Crippen LogP contribution in [0.5, 0.6) is 0 Å².